The van der Waals surface area contributed by atoms with Crippen molar-refractivity contribution in [3.05, 3.63) is 41.7 Å². The van der Waals surface area contributed by atoms with Gasteiger partial charge in [-0.1, -0.05) is 38.0 Å². The first-order valence-corrected chi connectivity index (χ1v) is 9.09. The minimum absolute atomic E-state index is 0.463. The van der Waals surface area contributed by atoms with Crippen molar-refractivity contribution in [2.75, 3.05) is 25.2 Å². The van der Waals surface area contributed by atoms with Crippen LogP contribution < -0.4 is 14.4 Å². The third kappa shape index (κ3) is 2.31. The second-order valence-corrected chi connectivity index (χ2v) is 6.82. The average molecular weight is 355 g/mol. The number of hydrogen-bond acceptors (Lipinski definition) is 5. The lowest BCUT2D eigenvalue weighted by Gasteiger charge is -2.25. The molecule has 0 aromatic carbocycles. The van der Waals surface area contributed by atoms with E-state index in [-0.39, 0.29) is 0 Å². The number of nitrogens with zero attached hydrogens (tertiary/aromatic N) is 3. The van der Waals surface area contributed by atoms with Crippen molar-refractivity contribution in [2.45, 2.75) is 31.6 Å². The van der Waals surface area contributed by atoms with Crippen LogP contribution in [0.5, 0.6) is 11.6 Å². The number of aromatic nitrogens is 2. The minimum atomic E-state index is -0.547. The van der Waals surface area contributed by atoms with Gasteiger partial charge in [-0.3, -0.25) is 0 Å². The Balaban J connectivity index is 1.83. The van der Waals surface area contributed by atoms with Crippen LogP contribution in [0.2, 0.25) is 0 Å². The molecule has 0 radical (unpaired) electrons. The molecule has 0 saturated carbocycles. The number of hydrogen-bond donors (Lipinski definition) is 0. The molecule has 1 atom stereocenters. The standard InChI is InChI=1S/C19H21N3O2S/c1-3-4-5-11-22-17-13(7-6-10-20-17)19(18(22)25)12-24-14-8-9-15(23-2)21-16(14)19/h6-10H,3-5,11-12H2,1-2H3. The van der Waals surface area contributed by atoms with Gasteiger partial charge in [0, 0.05) is 24.4 Å². The van der Waals surface area contributed by atoms with Crippen molar-refractivity contribution >= 4 is 23.0 Å². The number of methoxy groups -OCH3 is 1. The molecule has 4 rings (SSSR count). The Bertz CT molecular complexity index is 826. The summed E-state index contributed by atoms with van der Waals surface area (Å²) >= 11 is 5.95. The van der Waals surface area contributed by atoms with Gasteiger partial charge in [0.15, 0.2) is 0 Å². The van der Waals surface area contributed by atoms with Gasteiger partial charge in [-0.2, -0.15) is 0 Å². The molecule has 25 heavy (non-hydrogen) atoms. The third-order valence-corrected chi connectivity index (χ3v) is 5.56. The maximum absolute atomic E-state index is 5.98. The van der Waals surface area contributed by atoms with Crippen molar-refractivity contribution in [1.29, 1.82) is 0 Å². The molecule has 2 aromatic heterocycles. The van der Waals surface area contributed by atoms with Crippen molar-refractivity contribution in [3.63, 3.8) is 0 Å². The van der Waals surface area contributed by atoms with E-state index in [1.54, 1.807) is 7.11 Å². The molecule has 0 fully saturated rings. The summed E-state index contributed by atoms with van der Waals surface area (Å²) < 4.78 is 11.3. The van der Waals surface area contributed by atoms with Crippen molar-refractivity contribution in [1.82, 2.24) is 9.97 Å². The zero-order valence-corrected chi connectivity index (χ0v) is 15.3. The number of fused-ring (bicyclic) bond motifs is 4. The van der Waals surface area contributed by atoms with Crippen molar-refractivity contribution in [2.24, 2.45) is 0 Å². The molecule has 1 spiro atoms. The van der Waals surface area contributed by atoms with Gasteiger partial charge in [0.2, 0.25) is 5.88 Å². The van der Waals surface area contributed by atoms with Crippen LogP contribution in [0.25, 0.3) is 0 Å². The Morgan fingerprint density at radius 1 is 1.32 bits per heavy atom. The number of anilines is 1. The fourth-order valence-corrected chi connectivity index (χ4v) is 4.14. The summed E-state index contributed by atoms with van der Waals surface area (Å²) in [6.45, 7) is 3.54. The Labute approximate surface area is 153 Å². The Morgan fingerprint density at radius 3 is 3.00 bits per heavy atom. The summed E-state index contributed by atoms with van der Waals surface area (Å²) in [5.41, 5.74) is 1.37. The van der Waals surface area contributed by atoms with Gasteiger partial charge in [-0.25, -0.2) is 9.97 Å². The molecule has 4 heterocycles. The molecule has 0 amide bonds. The molecule has 0 N–H and O–H groups in total. The average Bonchev–Trinajstić information content (AvgIpc) is 3.14. The molecule has 2 aliphatic rings. The maximum atomic E-state index is 5.98. The summed E-state index contributed by atoms with van der Waals surface area (Å²) in [7, 11) is 1.62. The van der Waals surface area contributed by atoms with Gasteiger partial charge in [-0.05, 0) is 18.6 Å². The lowest BCUT2D eigenvalue weighted by molar-refractivity contribution is 0.326. The number of pyridine rings is 2. The quantitative estimate of drug-likeness (QED) is 0.604. The first-order chi connectivity index (χ1) is 12.2. The van der Waals surface area contributed by atoms with Crippen LogP contribution in [0.4, 0.5) is 5.82 Å². The SMILES string of the molecule is CCCCCN1C(=S)C2(COc3ccc(OC)nc32)c2cccnc21. The Morgan fingerprint density at radius 2 is 2.20 bits per heavy atom. The van der Waals surface area contributed by atoms with Gasteiger partial charge in [0.05, 0.1) is 7.11 Å². The highest BCUT2D eigenvalue weighted by atomic mass is 32.1. The van der Waals surface area contributed by atoms with E-state index in [2.05, 4.69) is 22.9 Å². The van der Waals surface area contributed by atoms with Gasteiger partial charge in [0.25, 0.3) is 0 Å². The second kappa shape index (κ2) is 6.26. The highest BCUT2D eigenvalue weighted by molar-refractivity contribution is 7.80. The van der Waals surface area contributed by atoms with Crippen LogP contribution in [0.1, 0.15) is 37.4 Å². The fourth-order valence-electron chi connectivity index (χ4n) is 3.70. The summed E-state index contributed by atoms with van der Waals surface area (Å²) in [6, 6.07) is 7.78. The lowest BCUT2D eigenvalue weighted by Crippen LogP contribution is -2.42. The molecule has 130 valence electrons. The van der Waals surface area contributed by atoms with Crippen LogP contribution in [0.3, 0.4) is 0 Å². The highest BCUT2D eigenvalue weighted by Crippen LogP contribution is 2.51. The first kappa shape index (κ1) is 16.3. The summed E-state index contributed by atoms with van der Waals surface area (Å²) in [5, 5.41) is 0. The Hall–Kier alpha value is -2.21. The molecule has 0 aliphatic carbocycles. The van der Waals surface area contributed by atoms with Crippen LogP contribution >= 0.6 is 12.2 Å². The molecule has 0 saturated heterocycles. The normalized spacial score (nSPS) is 20.6. The highest BCUT2D eigenvalue weighted by Gasteiger charge is 2.56. The van der Waals surface area contributed by atoms with E-state index in [9.17, 15) is 0 Å². The van der Waals surface area contributed by atoms with E-state index < -0.39 is 5.41 Å². The first-order valence-electron chi connectivity index (χ1n) is 8.68. The van der Waals surface area contributed by atoms with Gasteiger partial charge in [-0.15, -0.1) is 0 Å². The number of ether oxygens (including phenoxy) is 2. The third-order valence-electron chi connectivity index (χ3n) is 4.99. The predicted molar refractivity (Wildman–Crippen MR) is 101 cm³/mol. The molecular formula is C19H21N3O2S. The van der Waals surface area contributed by atoms with E-state index in [0.717, 1.165) is 40.8 Å². The van der Waals surface area contributed by atoms with E-state index in [1.165, 1.54) is 12.8 Å². The Kier molecular flexibility index (Phi) is 4.07. The zero-order chi connectivity index (χ0) is 17.4. The monoisotopic (exact) mass is 355 g/mol. The topological polar surface area (TPSA) is 47.5 Å². The zero-order valence-electron chi connectivity index (χ0n) is 14.5. The van der Waals surface area contributed by atoms with Crippen molar-refractivity contribution < 1.29 is 9.47 Å². The lowest BCUT2D eigenvalue weighted by atomic mass is 9.81. The van der Waals surface area contributed by atoms with Crippen LogP contribution in [-0.2, 0) is 5.41 Å². The van der Waals surface area contributed by atoms with E-state index in [1.807, 2.05) is 24.4 Å². The predicted octanol–water partition coefficient (Wildman–Crippen LogP) is 3.50. The van der Waals surface area contributed by atoms with E-state index in [0.29, 0.717) is 12.5 Å². The van der Waals surface area contributed by atoms with Gasteiger partial charge in [0.1, 0.15) is 34.3 Å². The van der Waals surface area contributed by atoms with Crippen LogP contribution in [-0.4, -0.2) is 35.2 Å². The minimum Gasteiger partial charge on any atom is -0.490 e. The largest absolute Gasteiger partial charge is 0.490 e. The molecule has 6 heteroatoms. The van der Waals surface area contributed by atoms with Crippen molar-refractivity contribution in [3.8, 4) is 11.6 Å². The molecule has 1 unspecified atom stereocenters. The number of thiocarbonyl (C=S) groups is 1. The number of rotatable bonds is 5. The van der Waals surface area contributed by atoms with Gasteiger partial charge < -0.3 is 14.4 Å². The maximum Gasteiger partial charge on any atom is 0.213 e. The van der Waals surface area contributed by atoms with E-state index in [4.69, 9.17) is 26.7 Å². The molecule has 5 nitrogen and oxygen atoms in total. The molecular weight excluding hydrogens is 334 g/mol. The summed E-state index contributed by atoms with van der Waals surface area (Å²) in [4.78, 5) is 12.3. The molecule has 0 bridgehead atoms. The number of unbranched alkanes of at least 4 members (excludes halogenated alkanes) is 2. The van der Waals surface area contributed by atoms with Crippen LogP contribution in [0.15, 0.2) is 30.5 Å². The molecule has 2 aromatic rings. The van der Waals surface area contributed by atoms with Crippen LogP contribution in [0, 0.1) is 0 Å². The fraction of sp³-hybridized carbons (Fsp3) is 0.421. The summed E-state index contributed by atoms with van der Waals surface area (Å²) in [6.07, 6.45) is 5.25. The smallest absolute Gasteiger partial charge is 0.213 e. The summed E-state index contributed by atoms with van der Waals surface area (Å²) in [5.74, 6) is 2.28. The molecule has 2 aliphatic heterocycles. The van der Waals surface area contributed by atoms with Gasteiger partial charge >= 0.3 is 0 Å². The van der Waals surface area contributed by atoms with E-state index >= 15 is 0 Å². The second-order valence-electron chi connectivity index (χ2n) is 6.43.